The van der Waals surface area contributed by atoms with Gasteiger partial charge in [0.25, 0.3) is 0 Å². The van der Waals surface area contributed by atoms with Gasteiger partial charge in [-0.2, -0.15) is 13.2 Å². The summed E-state index contributed by atoms with van der Waals surface area (Å²) in [6, 6.07) is -2.40. The number of amides is 1. The molecular formula is C8H14F3N3O. The lowest BCUT2D eigenvalue weighted by atomic mass is 10.2. The minimum absolute atomic E-state index is 0.00290. The van der Waals surface area contributed by atoms with Crippen molar-refractivity contribution in [3.8, 4) is 0 Å². The second kappa shape index (κ2) is 4.36. The molecule has 3 N–H and O–H groups in total. The van der Waals surface area contributed by atoms with Crippen molar-refractivity contribution in [2.24, 2.45) is 5.73 Å². The predicted octanol–water partition coefficient (Wildman–Crippen LogP) is -0.304. The molecule has 1 heterocycles. The van der Waals surface area contributed by atoms with Crippen LogP contribution in [0.25, 0.3) is 0 Å². The van der Waals surface area contributed by atoms with Gasteiger partial charge in [-0.25, -0.2) is 0 Å². The van der Waals surface area contributed by atoms with Gasteiger partial charge in [-0.1, -0.05) is 0 Å². The molecule has 0 saturated carbocycles. The Labute approximate surface area is 85.6 Å². The fraction of sp³-hybridized carbons (Fsp3) is 0.875. The zero-order valence-electron chi connectivity index (χ0n) is 8.34. The molecule has 1 fully saturated rings. The highest BCUT2D eigenvalue weighted by atomic mass is 19.4. The molecule has 4 nitrogen and oxygen atoms in total. The highest BCUT2D eigenvalue weighted by Crippen LogP contribution is 2.20. The number of nitrogens with one attached hydrogen (secondary N) is 1. The molecule has 15 heavy (non-hydrogen) atoms. The Morgan fingerprint density at radius 2 is 2.20 bits per heavy atom. The predicted molar refractivity (Wildman–Crippen MR) is 48.1 cm³/mol. The number of nitrogens with zero attached hydrogens (tertiary/aromatic N) is 1. The summed E-state index contributed by atoms with van der Waals surface area (Å²) >= 11 is 0. The van der Waals surface area contributed by atoms with Crippen molar-refractivity contribution in [2.45, 2.75) is 25.2 Å². The quantitative estimate of drug-likeness (QED) is 0.644. The molecule has 0 bridgehead atoms. The lowest BCUT2D eigenvalue weighted by Gasteiger charge is -2.33. The topological polar surface area (TPSA) is 58.4 Å². The molecule has 2 atom stereocenters. The molecule has 1 aliphatic heterocycles. The fourth-order valence-electron chi connectivity index (χ4n) is 1.47. The molecule has 1 saturated heterocycles. The van der Waals surface area contributed by atoms with Crippen molar-refractivity contribution < 1.29 is 18.0 Å². The first-order valence-electron chi connectivity index (χ1n) is 4.67. The summed E-state index contributed by atoms with van der Waals surface area (Å²) in [6.45, 7) is 2.84. The summed E-state index contributed by atoms with van der Waals surface area (Å²) < 4.78 is 36.5. The van der Waals surface area contributed by atoms with Gasteiger partial charge in [0, 0.05) is 25.7 Å². The van der Waals surface area contributed by atoms with E-state index in [9.17, 15) is 18.0 Å². The smallest absolute Gasteiger partial charge is 0.338 e. The van der Waals surface area contributed by atoms with Crippen molar-refractivity contribution in [1.82, 2.24) is 10.2 Å². The van der Waals surface area contributed by atoms with Gasteiger partial charge in [-0.15, -0.1) is 0 Å². The van der Waals surface area contributed by atoms with Crippen LogP contribution in [0.4, 0.5) is 13.2 Å². The Hall–Kier alpha value is -0.820. The second-order valence-electron chi connectivity index (χ2n) is 3.66. The zero-order valence-corrected chi connectivity index (χ0v) is 8.34. The largest absolute Gasteiger partial charge is 0.412 e. The van der Waals surface area contributed by atoms with Crippen LogP contribution in [0.2, 0.25) is 0 Å². The van der Waals surface area contributed by atoms with Crippen LogP contribution in [0.1, 0.15) is 6.92 Å². The van der Waals surface area contributed by atoms with Crippen LogP contribution in [0.15, 0.2) is 0 Å². The molecule has 0 radical (unpaired) electrons. The number of nitrogens with two attached hydrogens (primary N) is 1. The van der Waals surface area contributed by atoms with E-state index in [0.717, 1.165) is 4.90 Å². The maximum Gasteiger partial charge on any atom is 0.412 e. The van der Waals surface area contributed by atoms with Crippen molar-refractivity contribution in [3.05, 3.63) is 0 Å². The molecule has 0 aromatic carbocycles. The lowest BCUT2D eigenvalue weighted by Crippen LogP contribution is -2.58. The van der Waals surface area contributed by atoms with Gasteiger partial charge in [0.1, 0.15) is 0 Å². The average Bonchev–Trinajstić information content (AvgIpc) is 2.14. The van der Waals surface area contributed by atoms with Crippen molar-refractivity contribution in [1.29, 1.82) is 0 Å². The molecule has 0 aromatic rings. The van der Waals surface area contributed by atoms with Crippen molar-refractivity contribution >= 4 is 5.91 Å². The van der Waals surface area contributed by atoms with Crippen LogP contribution >= 0.6 is 0 Å². The molecular weight excluding hydrogens is 211 g/mol. The first-order valence-corrected chi connectivity index (χ1v) is 4.67. The van der Waals surface area contributed by atoms with Crippen LogP contribution < -0.4 is 11.1 Å². The average molecular weight is 225 g/mol. The molecule has 0 aliphatic carbocycles. The third kappa shape index (κ3) is 3.07. The Morgan fingerprint density at radius 3 is 2.67 bits per heavy atom. The Morgan fingerprint density at radius 1 is 1.60 bits per heavy atom. The van der Waals surface area contributed by atoms with Crippen LogP contribution in [-0.2, 0) is 4.79 Å². The van der Waals surface area contributed by atoms with Crippen molar-refractivity contribution in [3.63, 3.8) is 0 Å². The molecule has 1 amide bonds. The summed E-state index contributed by atoms with van der Waals surface area (Å²) in [5, 5.41) is 3.03. The van der Waals surface area contributed by atoms with Crippen LogP contribution in [0.5, 0.6) is 0 Å². The second-order valence-corrected chi connectivity index (χ2v) is 3.66. The third-order valence-electron chi connectivity index (χ3n) is 2.30. The third-order valence-corrected chi connectivity index (χ3v) is 2.30. The Balaban J connectivity index is 2.60. The van der Waals surface area contributed by atoms with E-state index in [1.54, 1.807) is 6.92 Å². The number of rotatable bonds is 1. The molecule has 1 aliphatic rings. The van der Waals surface area contributed by atoms with E-state index in [2.05, 4.69) is 5.32 Å². The fourth-order valence-corrected chi connectivity index (χ4v) is 1.47. The Bertz CT molecular complexity index is 244. The molecule has 0 aromatic heterocycles. The van der Waals surface area contributed by atoms with E-state index >= 15 is 0 Å². The number of halogens is 3. The first kappa shape index (κ1) is 12.3. The van der Waals surface area contributed by atoms with E-state index in [-0.39, 0.29) is 19.1 Å². The number of hydrogen-bond acceptors (Lipinski definition) is 3. The summed E-state index contributed by atoms with van der Waals surface area (Å²) in [7, 11) is 0. The van der Waals surface area contributed by atoms with E-state index in [1.165, 1.54) is 0 Å². The van der Waals surface area contributed by atoms with Gasteiger partial charge in [0.2, 0.25) is 5.91 Å². The number of piperazine rings is 1. The SMILES string of the molecule is C[C@H]1CN(C(=O)C(N)C(F)(F)F)CCN1. The number of alkyl halides is 3. The van der Waals surface area contributed by atoms with Crippen LogP contribution in [0, 0.1) is 0 Å². The van der Waals surface area contributed by atoms with E-state index < -0.39 is 18.1 Å². The zero-order chi connectivity index (χ0) is 11.6. The number of hydrogen-bond donors (Lipinski definition) is 2. The van der Waals surface area contributed by atoms with Gasteiger partial charge < -0.3 is 16.0 Å². The first-order chi connectivity index (χ1) is 6.82. The maximum atomic E-state index is 12.2. The van der Waals surface area contributed by atoms with Gasteiger partial charge >= 0.3 is 6.18 Å². The minimum atomic E-state index is -4.66. The van der Waals surface area contributed by atoms with E-state index in [4.69, 9.17) is 5.73 Å². The van der Waals surface area contributed by atoms with Crippen LogP contribution in [-0.4, -0.2) is 48.7 Å². The molecule has 7 heteroatoms. The number of carbonyl (C=O) groups is 1. The van der Waals surface area contributed by atoms with E-state index in [1.807, 2.05) is 0 Å². The van der Waals surface area contributed by atoms with Crippen molar-refractivity contribution in [2.75, 3.05) is 19.6 Å². The highest BCUT2D eigenvalue weighted by molar-refractivity contribution is 5.82. The molecule has 1 rings (SSSR count). The molecule has 1 unspecified atom stereocenters. The van der Waals surface area contributed by atoms with Gasteiger partial charge in [-0.05, 0) is 6.92 Å². The van der Waals surface area contributed by atoms with Gasteiger partial charge in [0.05, 0.1) is 0 Å². The number of carbonyl (C=O) groups excluding carboxylic acids is 1. The monoisotopic (exact) mass is 225 g/mol. The summed E-state index contributed by atoms with van der Waals surface area (Å²) in [4.78, 5) is 12.5. The highest BCUT2D eigenvalue weighted by Gasteiger charge is 2.44. The Kier molecular flexibility index (Phi) is 3.56. The van der Waals surface area contributed by atoms with Gasteiger partial charge in [0.15, 0.2) is 6.04 Å². The standard InChI is InChI=1S/C8H14F3N3O/c1-5-4-14(3-2-13-5)7(15)6(12)8(9,10)11/h5-6,13H,2-4,12H2,1H3/t5-,6?/m0/s1. The minimum Gasteiger partial charge on any atom is -0.338 e. The summed E-state index contributed by atoms with van der Waals surface area (Å²) in [5.41, 5.74) is 4.83. The molecule has 88 valence electrons. The summed E-state index contributed by atoms with van der Waals surface area (Å²) in [6.07, 6.45) is -4.66. The van der Waals surface area contributed by atoms with Crippen LogP contribution in [0.3, 0.4) is 0 Å². The van der Waals surface area contributed by atoms with E-state index in [0.29, 0.717) is 6.54 Å². The maximum absolute atomic E-state index is 12.2. The summed E-state index contributed by atoms with van der Waals surface area (Å²) in [5.74, 6) is -1.05. The van der Waals surface area contributed by atoms with Gasteiger partial charge in [-0.3, -0.25) is 4.79 Å². The lowest BCUT2D eigenvalue weighted by molar-refractivity contribution is -0.170. The molecule has 0 spiro atoms. The normalized spacial score (nSPS) is 25.1.